The van der Waals surface area contributed by atoms with Gasteiger partial charge in [0.1, 0.15) is 11.6 Å². The van der Waals surface area contributed by atoms with Crippen LogP contribution in [0.2, 0.25) is 0 Å². The smallest absolute Gasteiger partial charge is 0.141 e. The van der Waals surface area contributed by atoms with Gasteiger partial charge in [0, 0.05) is 28.9 Å². The Kier molecular flexibility index (Phi) is 2.53. The monoisotopic (exact) mass is 237 g/mol. The average molecular weight is 237 g/mol. The SMILES string of the molecule is Oc1cncc2cc(Nc3ccccn3)ccc12. The molecule has 2 heterocycles. The van der Waals surface area contributed by atoms with E-state index >= 15 is 0 Å². The van der Waals surface area contributed by atoms with Crippen LogP contribution >= 0.6 is 0 Å². The Bertz CT molecular complexity index is 683. The molecule has 0 saturated carbocycles. The second-order valence-electron chi connectivity index (χ2n) is 3.93. The number of pyridine rings is 2. The summed E-state index contributed by atoms with van der Waals surface area (Å²) < 4.78 is 0. The van der Waals surface area contributed by atoms with E-state index in [4.69, 9.17) is 0 Å². The van der Waals surface area contributed by atoms with Gasteiger partial charge in [0.2, 0.25) is 0 Å². The largest absolute Gasteiger partial charge is 0.506 e. The molecule has 2 aromatic heterocycles. The van der Waals surface area contributed by atoms with E-state index in [0.29, 0.717) is 0 Å². The van der Waals surface area contributed by atoms with E-state index in [1.165, 1.54) is 6.20 Å². The van der Waals surface area contributed by atoms with Gasteiger partial charge in [0.05, 0.1) is 6.20 Å². The number of hydrogen-bond acceptors (Lipinski definition) is 4. The molecule has 0 saturated heterocycles. The summed E-state index contributed by atoms with van der Waals surface area (Å²) in [7, 11) is 0. The summed E-state index contributed by atoms with van der Waals surface area (Å²) in [6.07, 6.45) is 4.89. The van der Waals surface area contributed by atoms with Crippen molar-refractivity contribution in [3.8, 4) is 5.75 Å². The molecule has 3 rings (SSSR count). The highest BCUT2D eigenvalue weighted by molar-refractivity contribution is 5.90. The summed E-state index contributed by atoms with van der Waals surface area (Å²) in [5, 5.41) is 14.5. The first-order valence-electron chi connectivity index (χ1n) is 5.58. The Labute approximate surface area is 104 Å². The fraction of sp³-hybridized carbons (Fsp3) is 0. The molecule has 0 spiro atoms. The normalized spacial score (nSPS) is 10.4. The van der Waals surface area contributed by atoms with Crippen LogP contribution in [0.15, 0.2) is 55.0 Å². The Morgan fingerprint density at radius 2 is 2.00 bits per heavy atom. The zero-order valence-electron chi connectivity index (χ0n) is 9.54. The summed E-state index contributed by atoms with van der Waals surface area (Å²) in [4.78, 5) is 8.16. The van der Waals surface area contributed by atoms with Gasteiger partial charge in [-0.2, -0.15) is 0 Å². The van der Waals surface area contributed by atoms with Gasteiger partial charge in [-0.1, -0.05) is 6.07 Å². The minimum atomic E-state index is 0.192. The van der Waals surface area contributed by atoms with Gasteiger partial charge in [0.15, 0.2) is 0 Å². The molecule has 0 bridgehead atoms. The lowest BCUT2D eigenvalue weighted by molar-refractivity contribution is 0.479. The Balaban J connectivity index is 1.99. The van der Waals surface area contributed by atoms with Crippen LogP contribution < -0.4 is 5.32 Å². The van der Waals surface area contributed by atoms with E-state index in [9.17, 15) is 5.11 Å². The minimum absolute atomic E-state index is 0.192. The molecule has 88 valence electrons. The lowest BCUT2D eigenvalue weighted by Gasteiger charge is -2.07. The predicted molar refractivity (Wildman–Crippen MR) is 70.9 cm³/mol. The summed E-state index contributed by atoms with van der Waals surface area (Å²) >= 11 is 0. The maximum atomic E-state index is 9.66. The van der Waals surface area contributed by atoms with Gasteiger partial charge in [-0.3, -0.25) is 4.98 Å². The van der Waals surface area contributed by atoms with Crippen molar-refractivity contribution in [2.75, 3.05) is 5.32 Å². The van der Waals surface area contributed by atoms with Crippen molar-refractivity contribution < 1.29 is 5.11 Å². The third-order valence-corrected chi connectivity index (χ3v) is 2.68. The molecule has 0 aliphatic heterocycles. The van der Waals surface area contributed by atoms with Crippen LogP contribution in [-0.2, 0) is 0 Å². The van der Waals surface area contributed by atoms with Crippen LogP contribution in [0.25, 0.3) is 10.8 Å². The molecule has 0 aliphatic rings. The minimum Gasteiger partial charge on any atom is -0.506 e. The van der Waals surface area contributed by atoms with Crippen LogP contribution in [0.1, 0.15) is 0 Å². The Morgan fingerprint density at radius 1 is 1.06 bits per heavy atom. The highest BCUT2D eigenvalue weighted by Gasteiger charge is 2.01. The first-order chi connectivity index (χ1) is 8.83. The molecule has 0 amide bonds. The topological polar surface area (TPSA) is 58.0 Å². The number of nitrogens with zero attached hydrogens (tertiary/aromatic N) is 2. The number of fused-ring (bicyclic) bond motifs is 1. The summed E-state index contributed by atoms with van der Waals surface area (Å²) in [5.74, 6) is 0.974. The molecular weight excluding hydrogens is 226 g/mol. The van der Waals surface area contributed by atoms with Gasteiger partial charge in [-0.15, -0.1) is 0 Å². The summed E-state index contributed by atoms with van der Waals surface area (Å²) in [6, 6.07) is 11.4. The molecule has 4 heteroatoms. The maximum absolute atomic E-state index is 9.66. The third kappa shape index (κ3) is 1.96. The van der Waals surface area contributed by atoms with Crippen molar-refractivity contribution in [3.63, 3.8) is 0 Å². The predicted octanol–water partition coefficient (Wildman–Crippen LogP) is 3.08. The Morgan fingerprint density at radius 3 is 2.83 bits per heavy atom. The molecular formula is C14H11N3O. The van der Waals surface area contributed by atoms with Crippen molar-refractivity contribution >= 4 is 22.3 Å². The lowest BCUT2D eigenvalue weighted by Crippen LogP contribution is -1.92. The zero-order valence-corrected chi connectivity index (χ0v) is 9.54. The van der Waals surface area contributed by atoms with E-state index in [-0.39, 0.29) is 5.75 Å². The number of aromatic nitrogens is 2. The number of benzene rings is 1. The summed E-state index contributed by atoms with van der Waals surface area (Å²) in [5.41, 5.74) is 0.911. The zero-order chi connectivity index (χ0) is 12.4. The molecule has 0 atom stereocenters. The number of nitrogens with one attached hydrogen (secondary N) is 1. The molecule has 0 unspecified atom stereocenters. The number of rotatable bonds is 2. The van der Waals surface area contributed by atoms with E-state index in [0.717, 1.165) is 22.3 Å². The second kappa shape index (κ2) is 4.33. The van der Waals surface area contributed by atoms with Crippen molar-refractivity contribution in [2.24, 2.45) is 0 Å². The molecule has 3 aromatic rings. The molecule has 0 fully saturated rings. The fourth-order valence-electron chi connectivity index (χ4n) is 1.82. The van der Waals surface area contributed by atoms with Crippen molar-refractivity contribution in [3.05, 3.63) is 55.0 Å². The van der Waals surface area contributed by atoms with Crippen molar-refractivity contribution in [1.82, 2.24) is 9.97 Å². The van der Waals surface area contributed by atoms with E-state index in [1.54, 1.807) is 12.4 Å². The molecule has 1 aromatic carbocycles. The highest BCUT2D eigenvalue weighted by Crippen LogP contribution is 2.26. The van der Waals surface area contributed by atoms with Gasteiger partial charge >= 0.3 is 0 Å². The first-order valence-corrected chi connectivity index (χ1v) is 5.58. The van der Waals surface area contributed by atoms with Crippen molar-refractivity contribution in [1.29, 1.82) is 0 Å². The first kappa shape index (κ1) is 10.5. The van der Waals surface area contributed by atoms with E-state index in [2.05, 4.69) is 15.3 Å². The second-order valence-corrected chi connectivity index (χ2v) is 3.93. The number of hydrogen-bond donors (Lipinski definition) is 2. The highest BCUT2D eigenvalue weighted by atomic mass is 16.3. The van der Waals surface area contributed by atoms with Gasteiger partial charge in [0.25, 0.3) is 0 Å². The fourth-order valence-corrected chi connectivity index (χ4v) is 1.82. The molecule has 0 radical (unpaired) electrons. The third-order valence-electron chi connectivity index (χ3n) is 2.68. The number of aromatic hydroxyl groups is 1. The molecule has 18 heavy (non-hydrogen) atoms. The quantitative estimate of drug-likeness (QED) is 0.719. The van der Waals surface area contributed by atoms with Gasteiger partial charge in [-0.25, -0.2) is 4.98 Å². The maximum Gasteiger partial charge on any atom is 0.141 e. The molecule has 4 nitrogen and oxygen atoms in total. The Hall–Kier alpha value is -2.62. The molecule has 0 aliphatic carbocycles. The average Bonchev–Trinajstić information content (AvgIpc) is 2.40. The van der Waals surface area contributed by atoms with E-state index in [1.807, 2.05) is 36.4 Å². The standard InChI is InChI=1S/C14H11N3O/c18-13-9-15-8-10-7-11(4-5-12(10)13)17-14-3-1-2-6-16-14/h1-9,18H,(H,16,17). The van der Waals surface area contributed by atoms with Crippen LogP contribution in [0.5, 0.6) is 5.75 Å². The van der Waals surface area contributed by atoms with Crippen LogP contribution in [0.4, 0.5) is 11.5 Å². The number of anilines is 2. The van der Waals surface area contributed by atoms with E-state index < -0.39 is 0 Å². The van der Waals surface area contributed by atoms with Crippen LogP contribution in [0, 0.1) is 0 Å². The molecule has 2 N–H and O–H groups in total. The van der Waals surface area contributed by atoms with Crippen LogP contribution in [0.3, 0.4) is 0 Å². The van der Waals surface area contributed by atoms with Gasteiger partial charge in [-0.05, 0) is 30.3 Å². The van der Waals surface area contributed by atoms with Crippen molar-refractivity contribution in [2.45, 2.75) is 0 Å². The van der Waals surface area contributed by atoms with Crippen LogP contribution in [-0.4, -0.2) is 15.1 Å². The van der Waals surface area contributed by atoms with Gasteiger partial charge < -0.3 is 10.4 Å². The lowest BCUT2D eigenvalue weighted by atomic mass is 10.1. The summed E-state index contributed by atoms with van der Waals surface area (Å²) in [6.45, 7) is 0.